The Kier molecular flexibility index (Phi) is 8.74. The van der Waals surface area contributed by atoms with Crippen LogP contribution in [0.4, 0.5) is 15.8 Å². The molecule has 5 nitrogen and oxygen atoms in total. The largest absolute Gasteiger partial charge is 0.486 e. The number of ether oxygens (including phenoxy) is 2. The number of carbonyl (C=O) groups is 1. The van der Waals surface area contributed by atoms with Crippen LogP contribution in [0.1, 0.15) is 37.7 Å². The molecule has 0 saturated carbocycles. The van der Waals surface area contributed by atoms with E-state index >= 15 is 4.39 Å². The van der Waals surface area contributed by atoms with Crippen LogP contribution in [-0.2, 0) is 4.79 Å². The SMILES string of the molecule is C[C@@H](CCCC1CN(c2cccc(OCC(=O)O)c2F)c2ccccc2O1)c1cccc2ccccc12.Cl. The number of anilines is 2. The maximum Gasteiger partial charge on any atom is 0.341 e. The summed E-state index contributed by atoms with van der Waals surface area (Å²) in [5.74, 6) is -0.705. The predicted molar refractivity (Wildman–Crippen MR) is 151 cm³/mol. The standard InChI is InChI=1S/C31H30FNO4.ClH/c1-21(24-14-7-11-22-10-2-3-13-25(22)24)9-6-12-23-19-33(26-15-4-5-17-28(26)37-23)27-16-8-18-29(31(27)32)36-20-30(34)35;/h2-5,7-8,10-11,13-18,21,23H,6,9,12,19-20H2,1H3,(H,34,35);1H/t21-,23?;/m0./s1. The summed E-state index contributed by atoms with van der Waals surface area (Å²) in [5.41, 5.74) is 2.47. The fourth-order valence-corrected chi connectivity index (χ4v) is 5.12. The van der Waals surface area contributed by atoms with Gasteiger partial charge in [-0.05, 0) is 65.8 Å². The average molecular weight is 536 g/mol. The van der Waals surface area contributed by atoms with Gasteiger partial charge in [0, 0.05) is 0 Å². The first-order valence-electron chi connectivity index (χ1n) is 12.6. The molecule has 38 heavy (non-hydrogen) atoms. The highest BCUT2D eigenvalue weighted by Gasteiger charge is 2.29. The Bertz CT molecular complexity index is 1410. The second-order valence-corrected chi connectivity index (χ2v) is 9.49. The van der Waals surface area contributed by atoms with E-state index in [1.165, 1.54) is 22.4 Å². The van der Waals surface area contributed by atoms with Crippen molar-refractivity contribution < 1.29 is 23.8 Å². The van der Waals surface area contributed by atoms with Crippen LogP contribution in [0.25, 0.3) is 10.8 Å². The van der Waals surface area contributed by atoms with Crippen molar-refractivity contribution in [1.82, 2.24) is 0 Å². The summed E-state index contributed by atoms with van der Waals surface area (Å²) in [6.45, 7) is 2.15. The van der Waals surface area contributed by atoms with Gasteiger partial charge >= 0.3 is 5.97 Å². The number of rotatable bonds is 9. The molecule has 4 aromatic rings. The number of hydrogen-bond acceptors (Lipinski definition) is 4. The zero-order valence-electron chi connectivity index (χ0n) is 21.2. The van der Waals surface area contributed by atoms with Crippen LogP contribution in [0.2, 0.25) is 0 Å². The van der Waals surface area contributed by atoms with E-state index in [1.54, 1.807) is 12.1 Å². The van der Waals surface area contributed by atoms with Gasteiger partial charge in [0.2, 0.25) is 0 Å². The summed E-state index contributed by atoms with van der Waals surface area (Å²) in [5, 5.41) is 11.5. The Morgan fingerprint density at radius 3 is 2.58 bits per heavy atom. The molecular formula is C31H31ClFNO4. The van der Waals surface area contributed by atoms with Gasteiger partial charge < -0.3 is 19.5 Å². The molecule has 0 amide bonds. The average Bonchev–Trinajstić information content (AvgIpc) is 2.91. The number of nitrogens with zero attached hydrogens (tertiary/aromatic N) is 1. The second-order valence-electron chi connectivity index (χ2n) is 9.49. The smallest absolute Gasteiger partial charge is 0.341 e. The molecule has 1 N–H and O–H groups in total. The molecule has 0 bridgehead atoms. The Morgan fingerprint density at radius 2 is 1.74 bits per heavy atom. The fourth-order valence-electron chi connectivity index (χ4n) is 5.12. The molecule has 7 heteroatoms. The third-order valence-corrected chi connectivity index (χ3v) is 6.94. The van der Waals surface area contributed by atoms with Crippen molar-refractivity contribution in [3.8, 4) is 11.5 Å². The third-order valence-electron chi connectivity index (χ3n) is 6.94. The number of carboxylic acid groups (broad SMARTS) is 1. The summed E-state index contributed by atoms with van der Waals surface area (Å²) < 4.78 is 26.9. The molecule has 1 aliphatic rings. The molecule has 0 aromatic heterocycles. The normalized spacial score (nSPS) is 15.2. The van der Waals surface area contributed by atoms with Crippen LogP contribution >= 0.6 is 12.4 Å². The highest BCUT2D eigenvalue weighted by atomic mass is 35.5. The maximum absolute atomic E-state index is 15.4. The Balaban J connectivity index is 0.00000336. The fraction of sp³-hybridized carbons (Fsp3) is 0.258. The molecule has 1 heterocycles. The molecule has 1 aliphatic heterocycles. The van der Waals surface area contributed by atoms with Crippen LogP contribution < -0.4 is 14.4 Å². The third kappa shape index (κ3) is 5.86. The first-order valence-corrected chi connectivity index (χ1v) is 12.6. The lowest BCUT2D eigenvalue weighted by atomic mass is 9.90. The Hall–Kier alpha value is -3.77. The molecule has 0 radical (unpaired) electrons. The van der Waals surface area contributed by atoms with Crippen molar-refractivity contribution in [3.05, 3.63) is 96.3 Å². The first-order chi connectivity index (χ1) is 18.0. The number of fused-ring (bicyclic) bond motifs is 2. The van der Waals surface area contributed by atoms with Crippen LogP contribution in [0.15, 0.2) is 84.9 Å². The highest BCUT2D eigenvalue weighted by Crippen LogP contribution is 2.41. The zero-order chi connectivity index (χ0) is 25.8. The molecule has 5 rings (SSSR count). The quantitative estimate of drug-likeness (QED) is 0.237. The lowest BCUT2D eigenvalue weighted by molar-refractivity contribution is -0.139. The highest BCUT2D eigenvalue weighted by molar-refractivity contribution is 5.86. The van der Waals surface area contributed by atoms with E-state index in [0.29, 0.717) is 23.9 Å². The van der Waals surface area contributed by atoms with Crippen molar-refractivity contribution in [2.75, 3.05) is 18.1 Å². The summed E-state index contributed by atoms with van der Waals surface area (Å²) >= 11 is 0. The lowest BCUT2D eigenvalue weighted by Gasteiger charge is -2.36. The summed E-state index contributed by atoms with van der Waals surface area (Å²) in [6.07, 6.45) is 2.70. The molecule has 0 fully saturated rings. The van der Waals surface area contributed by atoms with Gasteiger partial charge in [-0.25, -0.2) is 9.18 Å². The predicted octanol–water partition coefficient (Wildman–Crippen LogP) is 7.74. The maximum atomic E-state index is 15.4. The van der Waals surface area contributed by atoms with Gasteiger partial charge in [-0.2, -0.15) is 0 Å². The molecule has 0 spiro atoms. The zero-order valence-corrected chi connectivity index (χ0v) is 22.0. The minimum absolute atomic E-state index is 0. The molecule has 198 valence electrons. The van der Waals surface area contributed by atoms with E-state index in [2.05, 4.69) is 49.4 Å². The minimum Gasteiger partial charge on any atom is -0.486 e. The van der Waals surface area contributed by atoms with E-state index in [1.807, 2.05) is 29.2 Å². The number of benzene rings is 4. The second kappa shape index (κ2) is 12.2. The van der Waals surface area contributed by atoms with Gasteiger partial charge in [0.1, 0.15) is 11.9 Å². The van der Waals surface area contributed by atoms with Crippen molar-refractivity contribution >= 4 is 40.5 Å². The van der Waals surface area contributed by atoms with Crippen molar-refractivity contribution in [3.63, 3.8) is 0 Å². The Morgan fingerprint density at radius 1 is 1.03 bits per heavy atom. The lowest BCUT2D eigenvalue weighted by Crippen LogP contribution is -2.37. The minimum atomic E-state index is -1.15. The summed E-state index contributed by atoms with van der Waals surface area (Å²) in [7, 11) is 0. The number of hydrogen-bond donors (Lipinski definition) is 1. The first kappa shape index (κ1) is 27.3. The van der Waals surface area contributed by atoms with Crippen molar-refractivity contribution in [2.24, 2.45) is 0 Å². The topological polar surface area (TPSA) is 59.0 Å². The van der Waals surface area contributed by atoms with Gasteiger partial charge in [-0.1, -0.05) is 67.6 Å². The number of halogens is 2. The van der Waals surface area contributed by atoms with Gasteiger partial charge in [0.15, 0.2) is 18.2 Å². The van der Waals surface area contributed by atoms with E-state index in [0.717, 1.165) is 24.9 Å². The molecule has 0 saturated heterocycles. The van der Waals surface area contributed by atoms with Crippen LogP contribution in [0.5, 0.6) is 11.5 Å². The summed E-state index contributed by atoms with van der Waals surface area (Å²) in [4.78, 5) is 12.8. The van der Waals surface area contributed by atoms with Crippen LogP contribution in [-0.4, -0.2) is 30.3 Å². The van der Waals surface area contributed by atoms with Gasteiger partial charge in [-0.15, -0.1) is 12.4 Å². The van der Waals surface area contributed by atoms with Crippen molar-refractivity contribution in [2.45, 2.75) is 38.2 Å². The number of aliphatic carboxylic acids is 1. The van der Waals surface area contributed by atoms with E-state index in [9.17, 15) is 4.79 Å². The van der Waals surface area contributed by atoms with Crippen LogP contribution in [0.3, 0.4) is 0 Å². The van der Waals surface area contributed by atoms with E-state index in [4.69, 9.17) is 14.6 Å². The number of carboxylic acids is 1. The van der Waals surface area contributed by atoms with Crippen LogP contribution in [0, 0.1) is 5.82 Å². The van der Waals surface area contributed by atoms with Gasteiger partial charge in [-0.3, -0.25) is 0 Å². The molecule has 2 atom stereocenters. The molecule has 4 aromatic carbocycles. The monoisotopic (exact) mass is 535 g/mol. The van der Waals surface area contributed by atoms with Gasteiger partial charge in [0.25, 0.3) is 0 Å². The Labute approximate surface area is 228 Å². The summed E-state index contributed by atoms with van der Waals surface area (Å²) in [6, 6.07) is 27.4. The number of para-hydroxylation sites is 2. The van der Waals surface area contributed by atoms with Gasteiger partial charge in [0.05, 0.1) is 17.9 Å². The molecular weight excluding hydrogens is 505 g/mol. The van der Waals surface area contributed by atoms with E-state index in [-0.39, 0.29) is 24.3 Å². The van der Waals surface area contributed by atoms with Crippen molar-refractivity contribution in [1.29, 1.82) is 0 Å². The molecule has 1 unspecified atom stereocenters. The van der Waals surface area contributed by atoms with E-state index < -0.39 is 18.4 Å². The molecule has 0 aliphatic carbocycles.